The number of aromatic nitrogens is 2. The minimum atomic E-state index is -1.17. The molecule has 3 aromatic rings. The van der Waals surface area contributed by atoms with Crippen LogP contribution in [-0.4, -0.2) is 74.4 Å². The Labute approximate surface area is 183 Å². The Morgan fingerprint density at radius 3 is 2.56 bits per heavy atom. The lowest BCUT2D eigenvalue weighted by molar-refractivity contribution is -0.149. The third-order valence-electron chi connectivity index (χ3n) is 6.72. The van der Waals surface area contributed by atoms with Gasteiger partial charge in [-0.1, -0.05) is 18.2 Å². The summed E-state index contributed by atoms with van der Waals surface area (Å²) in [4.78, 5) is 30.6. The van der Waals surface area contributed by atoms with Gasteiger partial charge in [-0.15, -0.1) is 0 Å². The maximum Gasteiger partial charge on any atom is 0.325 e. The molecule has 1 aromatic heterocycles. The van der Waals surface area contributed by atoms with Gasteiger partial charge in [-0.25, -0.2) is 13.9 Å². The van der Waals surface area contributed by atoms with Crippen LogP contribution in [0.5, 0.6) is 0 Å². The average Bonchev–Trinajstić information content (AvgIpc) is 3.20. The Morgan fingerprint density at radius 1 is 1.06 bits per heavy atom. The molecule has 0 atom stereocenters. The molecule has 2 aliphatic heterocycles. The van der Waals surface area contributed by atoms with Crippen molar-refractivity contribution >= 4 is 28.5 Å². The van der Waals surface area contributed by atoms with E-state index >= 15 is 0 Å². The summed E-state index contributed by atoms with van der Waals surface area (Å²) in [5.74, 6) is -0.589. The number of likely N-dealkylation sites (tertiary alicyclic amines) is 1. The van der Waals surface area contributed by atoms with Crippen LogP contribution < -0.4 is 4.90 Å². The highest BCUT2D eigenvalue weighted by molar-refractivity contribution is 6.03. The van der Waals surface area contributed by atoms with E-state index in [1.165, 1.54) is 6.07 Å². The van der Waals surface area contributed by atoms with Crippen LogP contribution in [0.15, 0.2) is 48.7 Å². The largest absolute Gasteiger partial charge is 0.380 e. The third-order valence-corrected chi connectivity index (χ3v) is 6.72. The van der Waals surface area contributed by atoms with Crippen molar-refractivity contribution in [3.8, 4) is 5.69 Å². The number of hydrogen-bond acceptors (Lipinski definition) is 4. The number of fused-ring (bicyclic) bond motifs is 1. The fourth-order valence-electron chi connectivity index (χ4n) is 4.65. The van der Waals surface area contributed by atoms with E-state index in [4.69, 9.17) is 0 Å². The van der Waals surface area contributed by atoms with E-state index in [1.807, 2.05) is 18.2 Å². The molecule has 3 amide bonds. The van der Waals surface area contributed by atoms with E-state index in [2.05, 4.69) is 5.10 Å². The molecule has 1 aliphatic carbocycles. The molecule has 1 N–H and O–H groups in total. The minimum absolute atomic E-state index is 0.0425. The fourth-order valence-corrected chi connectivity index (χ4v) is 4.65. The normalized spacial score (nSPS) is 20.2. The van der Waals surface area contributed by atoms with E-state index in [9.17, 15) is 19.1 Å². The molecule has 164 valence electrons. The molecule has 2 saturated heterocycles. The van der Waals surface area contributed by atoms with Crippen LogP contribution in [0.1, 0.15) is 12.8 Å². The van der Waals surface area contributed by atoms with E-state index in [1.54, 1.807) is 43.8 Å². The van der Waals surface area contributed by atoms with Gasteiger partial charge in [0.05, 0.1) is 23.4 Å². The van der Waals surface area contributed by atoms with Crippen molar-refractivity contribution in [2.75, 3.05) is 31.1 Å². The van der Waals surface area contributed by atoms with Crippen LogP contribution in [0.25, 0.3) is 16.6 Å². The van der Waals surface area contributed by atoms with Gasteiger partial charge in [0.25, 0.3) is 5.91 Å². The number of benzene rings is 2. The number of halogens is 1. The number of anilines is 1. The molecule has 3 fully saturated rings. The van der Waals surface area contributed by atoms with E-state index in [-0.39, 0.29) is 23.8 Å². The quantitative estimate of drug-likeness (QED) is 0.681. The zero-order chi connectivity index (χ0) is 22.0. The number of aliphatic hydroxyl groups is 1. The van der Waals surface area contributed by atoms with Crippen molar-refractivity contribution in [3.63, 3.8) is 0 Å². The topological polar surface area (TPSA) is 81.9 Å². The van der Waals surface area contributed by atoms with Gasteiger partial charge in [0.15, 0.2) is 0 Å². The number of amides is 3. The molecule has 3 aliphatic rings. The highest BCUT2D eigenvalue weighted by Gasteiger charge is 2.53. The van der Waals surface area contributed by atoms with E-state index < -0.39 is 5.60 Å². The minimum Gasteiger partial charge on any atom is -0.380 e. The monoisotopic (exact) mass is 435 g/mol. The fraction of sp³-hybridized carbons (Fsp3) is 0.348. The van der Waals surface area contributed by atoms with Gasteiger partial charge in [0.1, 0.15) is 17.1 Å². The summed E-state index contributed by atoms with van der Waals surface area (Å²) >= 11 is 0. The maximum absolute atomic E-state index is 14.3. The molecule has 1 saturated carbocycles. The van der Waals surface area contributed by atoms with Crippen LogP contribution in [0.3, 0.4) is 0 Å². The van der Waals surface area contributed by atoms with Crippen molar-refractivity contribution in [2.24, 2.45) is 0 Å². The van der Waals surface area contributed by atoms with Crippen molar-refractivity contribution in [3.05, 3.63) is 54.5 Å². The Bertz CT molecular complexity index is 1250. The third kappa shape index (κ3) is 2.81. The summed E-state index contributed by atoms with van der Waals surface area (Å²) < 4.78 is 15.9. The molecule has 2 aromatic carbocycles. The lowest BCUT2D eigenvalue weighted by Gasteiger charge is -2.44. The lowest BCUT2D eigenvalue weighted by atomic mass is 10.1. The lowest BCUT2D eigenvalue weighted by Crippen LogP contribution is -2.63. The Balaban J connectivity index is 1.23. The number of carbonyl (C=O) groups is 2. The first-order chi connectivity index (χ1) is 15.5. The number of urea groups is 1. The van der Waals surface area contributed by atoms with E-state index in [0.717, 1.165) is 16.6 Å². The second-order valence-corrected chi connectivity index (χ2v) is 8.74. The SMILES string of the molecule is O=C1N(c2cccc3c2cnn3-c2ccccc2F)CCN1C1CN(C(=O)C2(O)CC2)C1. The molecule has 0 radical (unpaired) electrons. The predicted octanol–water partition coefficient (Wildman–Crippen LogP) is 2.14. The molecule has 0 unspecified atom stereocenters. The number of para-hydroxylation sites is 1. The van der Waals surface area contributed by atoms with Gasteiger partial charge < -0.3 is 14.9 Å². The average molecular weight is 435 g/mol. The highest BCUT2D eigenvalue weighted by Crippen LogP contribution is 2.39. The molecule has 32 heavy (non-hydrogen) atoms. The maximum atomic E-state index is 14.3. The zero-order valence-electron chi connectivity index (χ0n) is 17.3. The first-order valence-electron chi connectivity index (χ1n) is 10.8. The molecular weight excluding hydrogens is 413 g/mol. The smallest absolute Gasteiger partial charge is 0.325 e. The van der Waals surface area contributed by atoms with Crippen LogP contribution in [0, 0.1) is 5.82 Å². The van der Waals surface area contributed by atoms with Crippen molar-refractivity contribution < 1.29 is 19.1 Å². The summed E-state index contributed by atoms with van der Waals surface area (Å²) in [6, 6.07) is 11.9. The molecule has 8 nitrogen and oxygen atoms in total. The molecular formula is C23H22FN5O3. The van der Waals surface area contributed by atoms with Gasteiger partial charge in [0.2, 0.25) is 0 Å². The Hall–Kier alpha value is -3.46. The van der Waals surface area contributed by atoms with Crippen molar-refractivity contribution in [1.82, 2.24) is 19.6 Å². The molecule has 0 spiro atoms. The van der Waals surface area contributed by atoms with Crippen LogP contribution in [-0.2, 0) is 4.79 Å². The summed E-state index contributed by atoms with van der Waals surface area (Å²) in [6.07, 6.45) is 2.70. The van der Waals surface area contributed by atoms with Gasteiger partial charge in [0, 0.05) is 31.6 Å². The van der Waals surface area contributed by atoms with Gasteiger partial charge in [-0.2, -0.15) is 5.10 Å². The van der Waals surface area contributed by atoms with Crippen LogP contribution >= 0.6 is 0 Å². The summed E-state index contributed by atoms with van der Waals surface area (Å²) in [7, 11) is 0. The van der Waals surface area contributed by atoms with Crippen LogP contribution in [0.4, 0.5) is 14.9 Å². The zero-order valence-corrected chi connectivity index (χ0v) is 17.3. The second-order valence-electron chi connectivity index (χ2n) is 8.74. The summed E-state index contributed by atoms with van der Waals surface area (Å²) in [5, 5.41) is 15.2. The molecule has 9 heteroatoms. The predicted molar refractivity (Wildman–Crippen MR) is 115 cm³/mol. The number of rotatable bonds is 4. The summed E-state index contributed by atoms with van der Waals surface area (Å²) in [6.45, 7) is 2.00. The summed E-state index contributed by atoms with van der Waals surface area (Å²) in [5.41, 5.74) is 0.639. The standard InChI is InChI=1S/C23H22FN5O3/c24-17-4-1-2-5-20(17)29-19-7-3-6-18(16(19)12-25-29)28-11-10-27(22(28)31)15-13-26(14-15)21(30)23(32)8-9-23/h1-7,12,15,32H,8-11,13-14H2. The molecule has 0 bridgehead atoms. The Morgan fingerprint density at radius 2 is 1.81 bits per heavy atom. The number of hydrogen-bond donors (Lipinski definition) is 1. The van der Waals surface area contributed by atoms with E-state index in [0.29, 0.717) is 44.7 Å². The second kappa shape index (κ2) is 6.77. The van der Waals surface area contributed by atoms with Crippen molar-refractivity contribution in [2.45, 2.75) is 24.5 Å². The Kier molecular flexibility index (Phi) is 4.07. The van der Waals surface area contributed by atoms with Gasteiger partial charge >= 0.3 is 6.03 Å². The van der Waals surface area contributed by atoms with Gasteiger partial charge in [-0.3, -0.25) is 9.69 Å². The molecule has 3 heterocycles. The number of carbonyl (C=O) groups excluding carboxylic acids is 2. The van der Waals surface area contributed by atoms with Crippen LogP contribution in [0.2, 0.25) is 0 Å². The first kappa shape index (κ1) is 19.2. The van der Waals surface area contributed by atoms with Gasteiger partial charge in [-0.05, 0) is 37.1 Å². The van der Waals surface area contributed by atoms with Crippen molar-refractivity contribution in [1.29, 1.82) is 0 Å². The first-order valence-corrected chi connectivity index (χ1v) is 10.8. The highest BCUT2D eigenvalue weighted by atomic mass is 19.1. The molecule has 6 rings (SSSR count). The number of nitrogens with zero attached hydrogens (tertiary/aromatic N) is 5.